The molecule has 0 aliphatic heterocycles. The molecule has 0 fully saturated rings. The van der Waals surface area contributed by atoms with Crippen molar-refractivity contribution in [3.63, 3.8) is 0 Å². The van der Waals surface area contributed by atoms with Crippen molar-refractivity contribution in [2.75, 3.05) is 6.54 Å². The van der Waals surface area contributed by atoms with Crippen LogP contribution in [0.3, 0.4) is 0 Å². The van der Waals surface area contributed by atoms with E-state index in [0.29, 0.717) is 19.3 Å². The van der Waals surface area contributed by atoms with Gasteiger partial charge in [-0.2, -0.15) is 0 Å². The van der Waals surface area contributed by atoms with Crippen molar-refractivity contribution in [1.29, 1.82) is 0 Å². The molecule has 0 rings (SSSR count). The number of nitrogens with one attached hydrogen (secondary N) is 1. The van der Waals surface area contributed by atoms with Gasteiger partial charge in [-0.1, -0.05) is 32.1 Å². The van der Waals surface area contributed by atoms with E-state index in [9.17, 15) is 14.4 Å². The Morgan fingerprint density at radius 1 is 0.900 bits per heavy atom. The number of aliphatic carboxylic acids is 2. The molecular weight excluding hydrogens is 266 g/mol. The number of rotatable bonds is 12. The lowest BCUT2D eigenvalue weighted by molar-refractivity contribution is -0.147. The maximum Gasteiger partial charge on any atom is 0.332 e. The Morgan fingerprint density at radius 2 is 1.45 bits per heavy atom. The Hall–Kier alpha value is -1.63. The molecule has 7 heteroatoms. The standard InChI is InChI=1S/C13H23NO6/c15-10(13(19)20)7-5-3-1-2-4-6-8-11(16)14-9-12(17)18/h10,15H,1-9H2,(H,14,16)(H,17,18)(H,19,20). The predicted molar refractivity (Wildman–Crippen MR) is 71.2 cm³/mol. The third-order valence-corrected chi connectivity index (χ3v) is 2.85. The highest BCUT2D eigenvalue weighted by atomic mass is 16.4. The molecule has 0 aromatic heterocycles. The molecule has 0 saturated carbocycles. The number of carbonyl (C=O) groups is 3. The van der Waals surface area contributed by atoms with Gasteiger partial charge in [-0.25, -0.2) is 4.79 Å². The van der Waals surface area contributed by atoms with Gasteiger partial charge in [0, 0.05) is 6.42 Å². The summed E-state index contributed by atoms with van der Waals surface area (Å²) in [5.74, 6) is -2.49. The minimum atomic E-state index is -1.27. The molecule has 1 unspecified atom stereocenters. The van der Waals surface area contributed by atoms with Crippen LogP contribution in [-0.2, 0) is 14.4 Å². The number of carboxylic acid groups (broad SMARTS) is 2. The van der Waals surface area contributed by atoms with Gasteiger partial charge in [0.1, 0.15) is 6.54 Å². The van der Waals surface area contributed by atoms with Gasteiger partial charge in [-0.05, 0) is 12.8 Å². The van der Waals surface area contributed by atoms with Crippen LogP contribution < -0.4 is 5.32 Å². The quantitative estimate of drug-likeness (QED) is 0.393. The maximum absolute atomic E-state index is 11.2. The van der Waals surface area contributed by atoms with Crippen LogP contribution in [0.2, 0.25) is 0 Å². The molecule has 1 amide bonds. The van der Waals surface area contributed by atoms with E-state index in [2.05, 4.69) is 5.32 Å². The molecule has 116 valence electrons. The summed E-state index contributed by atoms with van der Waals surface area (Å²) in [6.07, 6.45) is 4.32. The fourth-order valence-electron chi connectivity index (χ4n) is 1.72. The number of amides is 1. The summed E-state index contributed by atoms with van der Waals surface area (Å²) < 4.78 is 0. The van der Waals surface area contributed by atoms with Gasteiger partial charge >= 0.3 is 11.9 Å². The van der Waals surface area contributed by atoms with Crippen molar-refractivity contribution in [1.82, 2.24) is 5.32 Å². The molecule has 0 saturated heterocycles. The van der Waals surface area contributed by atoms with Crippen molar-refractivity contribution in [2.24, 2.45) is 0 Å². The lowest BCUT2D eigenvalue weighted by atomic mass is 10.1. The molecule has 4 N–H and O–H groups in total. The van der Waals surface area contributed by atoms with Crippen molar-refractivity contribution in [3.05, 3.63) is 0 Å². The van der Waals surface area contributed by atoms with Gasteiger partial charge < -0.3 is 20.6 Å². The van der Waals surface area contributed by atoms with E-state index in [1.807, 2.05) is 0 Å². The lowest BCUT2D eigenvalue weighted by Crippen LogP contribution is -2.28. The zero-order valence-corrected chi connectivity index (χ0v) is 11.5. The summed E-state index contributed by atoms with van der Waals surface area (Å²) in [5, 5.41) is 28.1. The average Bonchev–Trinajstić information content (AvgIpc) is 2.38. The van der Waals surface area contributed by atoms with Gasteiger partial charge in [0.2, 0.25) is 5.91 Å². The van der Waals surface area contributed by atoms with E-state index < -0.39 is 18.0 Å². The fourth-order valence-corrected chi connectivity index (χ4v) is 1.72. The van der Waals surface area contributed by atoms with Crippen LogP contribution in [0.4, 0.5) is 0 Å². The van der Waals surface area contributed by atoms with Crippen LogP contribution in [0.5, 0.6) is 0 Å². The Bertz CT molecular complexity index is 318. The maximum atomic E-state index is 11.2. The first-order valence-electron chi connectivity index (χ1n) is 6.83. The molecule has 0 spiro atoms. The van der Waals surface area contributed by atoms with Gasteiger partial charge in [0.05, 0.1) is 0 Å². The molecule has 0 aromatic rings. The predicted octanol–water partition coefficient (Wildman–Crippen LogP) is 0.753. The summed E-state index contributed by atoms with van der Waals surface area (Å²) in [5.41, 5.74) is 0. The first kappa shape index (κ1) is 18.4. The normalized spacial score (nSPS) is 11.8. The van der Waals surface area contributed by atoms with E-state index in [0.717, 1.165) is 25.7 Å². The Labute approximate surface area is 118 Å². The zero-order chi connectivity index (χ0) is 15.4. The van der Waals surface area contributed by atoms with E-state index >= 15 is 0 Å². The SMILES string of the molecule is O=C(O)CNC(=O)CCCCCCCCC(O)C(=O)O. The molecule has 0 aliphatic carbocycles. The van der Waals surface area contributed by atoms with Crippen LogP contribution >= 0.6 is 0 Å². The first-order chi connectivity index (χ1) is 9.43. The van der Waals surface area contributed by atoms with Crippen molar-refractivity contribution in [3.8, 4) is 0 Å². The highest BCUT2D eigenvalue weighted by Gasteiger charge is 2.11. The largest absolute Gasteiger partial charge is 0.480 e. The first-order valence-corrected chi connectivity index (χ1v) is 6.83. The van der Waals surface area contributed by atoms with Crippen LogP contribution in [0.15, 0.2) is 0 Å². The second-order valence-corrected chi connectivity index (χ2v) is 4.68. The van der Waals surface area contributed by atoms with E-state index in [1.54, 1.807) is 0 Å². The summed E-state index contributed by atoms with van der Waals surface area (Å²) in [7, 11) is 0. The van der Waals surface area contributed by atoms with Crippen molar-refractivity contribution < 1.29 is 29.7 Å². The minimum absolute atomic E-state index is 0.253. The summed E-state index contributed by atoms with van der Waals surface area (Å²) in [6.45, 7) is -0.343. The van der Waals surface area contributed by atoms with Gasteiger partial charge in [0.25, 0.3) is 0 Å². The van der Waals surface area contributed by atoms with Crippen LogP contribution in [-0.4, -0.2) is 45.8 Å². The van der Waals surface area contributed by atoms with E-state index in [4.69, 9.17) is 15.3 Å². The van der Waals surface area contributed by atoms with Gasteiger partial charge in [-0.15, -0.1) is 0 Å². The summed E-state index contributed by atoms with van der Waals surface area (Å²) >= 11 is 0. The van der Waals surface area contributed by atoms with E-state index in [1.165, 1.54) is 0 Å². The number of aliphatic hydroxyl groups is 1. The fraction of sp³-hybridized carbons (Fsp3) is 0.769. The molecule has 0 aliphatic rings. The number of carbonyl (C=O) groups excluding carboxylic acids is 1. The Morgan fingerprint density at radius 3 is 2.00 bits per heavy atom. The summed E-state index contributed by atoms with van der Waals surface area (Å²) in [6, 6.07) is 0. The monoisotopic (exact) mass is 289 g/mol. The second-order valence-electron chi connectivity index (χ2n) is 4.68. The van der Waals surface area contributed by atoms with Crippen LogP contribution in [0, 0.1) is 0 Å². The smallest absolute Gasteiger partial charge is 0.332 e. The third kappa shape index (κ3) is 11.5. The highest BCUT2D eigenvalue weighted by molar-refractivity contribution is 5.80. The average molecular weight is 289 g/mol. The number of aliphatic hydroxyl groups excluding tert-OH is 1. The summed E-state index contributed by atoms with van der Waals surface area (Å²) in [4.78, 5) is 31.7. The molecule has 20 heavy (non-hydrogen) atoms. The number of hydrogen-bond acceptors (Lipinski definition) is 4. The topological polar surface area (TPSA) is 124 Å². The van der Waals surface area contributed by atoms with Gasteiger partial charge in [0.15, 0.2) is 6.10 Å². The lowest BCUT2D eigenvalue weighted by Gasteiger charge is -2.05. The Balaban J connectivity index is 3.30. The van der Waals surface area contributed by atoms with Crippen LogP contribution in [0.25, 0.3) is 0 Å². The number of unbranched alkanes of at least 4 members (excludes halogenated alkanes) is 5. The zero-order valence-electron chi connectivity index (χ0n) is 11.5. The Kier molecular flexibility index (Phi) is 10.3. The molecule has 7 nitrogen and oxygen atoms in total. The van der Waals surface area contributed by atoms with Crippen molar-refractivity contribution >= 4 is 17.8 Å². The molecule has 0 heterocycles. The number of hydrogen-bond donors (Lipinski definition) is 4. The number of carboxylic acids is 2. The highest BCUT2D eigenvalue weighted by Crippen LogP contribution is 2.10. The minimum Gasteiger partial charge on any atom is -0.480 e. The van der Waals surface area contributed by atoms with Gasteiger partial charge in [-0.3, -0.25) is 9.59 Å². The molecule has 0 bridgehead atoms. The molecular formula is C13H23NO6. The van der Waals surface area contributed by atoms with E-state index in [-0.39, 0.29) is 18.9 Å². The van der Waals surface area contributed by atoms with Crippen molar-refractivity contribution in [2.45, 2.75) is 57.5 Å². The van der Waals surface area contributed by atoms with Crippen LogP contribution in [0.1, 0.15) is 51.4 Å². The molecule has 0 radical (unpaired) electrons. The molecule has 1 atom stereocenters. The third-order valence-electron chi connectivity index (χ3n) is 2.85. The molecule has 0 aromatic carbocycles. The second kappa shape index (κ2) is 11.2.